The average Bonchev–Trinajstić information content (AvgIpc) is 2.64. The average molecular weight is 490 g/mol. The number of halogens is 1. The molecule has 1 unspecified atom stereocenters. The molecule has 1 saturated heterocycles. The zero-order valence-corrected chi connectivity index (χ0v) is 19.4. The van der Waals surface area contributed by atoms with Crippen molar-refractivity contribution in [2.75, 3.05) is 53.5 Å². The molecule has 6 nitrogen and oxygen atoms in total. The first kappa shape index (κ1) is 24.0. The zero-order chi connectivity index (χ0) is 18.8. The van der Waals surface area contributed by atoms with Gasteiger partial charge in [-0.25, -0.2) is 0 Å². The van der Waals surface area contributed by atoms with Crippen molar-refractivity contribution in [3.8, 4) is 5.75 Å². The lowest BCUT2D eigenvalue weighted by Gasteiger charge is -2.34. The van der Waals surface area contributed by atoms with E-state index in [-0.39, 0.29) is 30.1 Å². The molecule has 154 valence electrons. The standard InChI is InChI=1S/C20H34N4O2.HI/c1-16(2)14-24-11-12-26-18(15-24)13-23-20(21-3)22-10-9-17-7-5-6-8-19(17)25-4;/h5-8,16,18H,9-15H2,1-4H3,(H2,21,22,23);1H. The molecule has 7 heteroatoms. The van der Waals surface area contributed by atoms with E-state index in [0.29, 0.717) is 5.92 Å². The molecule has 0 aromatic heterocycles. The predicted octanol–water partition coefficient (Wildman–Crippen LogP) is 2.38. The molecule has 27 heavy (non-hydrogen) atoms. The van der Waals surface area contributed by atoms with Gasteiger partial charge in [0.1, 0.15) is 5.75 Å². The molecule has 0 radical (unpaired) electrons. The number of methoxy groups -OCH3 is 1. The molecule has 1 heterocycles. The maximum atomic E-state index is 5.89. The normalized spacial score (nSPS) is 18.1. The Morgan fingerprint density at radius 2 is 2.11 bits per heavy atom. The van der Waals surface area contributed by atoms with Crippen LogP contribution in [0.3, 0.4) is 0 Å². The van der Waals surface area contributed by atoms with Crippen LogP contribution in [-0.4, -0.2) is 70.5 Å². The lowest BCUT2D eigenvalue weighted by molar-refractivity contribution is -0.0284. The van der Waals surface area contributed by atoms with Crippen LogP contribution in [0.1, 0.15) is 19.4 Å². The molecule has 2 rings (SSSR count). The summed E-state index contributed by atoms with van der Waals surface area (Å²) in [5.74, 6) is 2.42. The van der Waals surface area contributed by atoms with Gasteiger partial charge in [0, 0.05) is 39.8 Å². The van der Waals surface area contributed by atoms with Crippen LogP contribution in [0.15, 0.2) is 29.3 Å². The third-order valence-corrected chi connectivity index (χ3v) is 4.45. The van der Waals surface area contributed by atoms with E-state index in [4.69, 9.17) is 9.47 Å². The van der Waals surface area contributed by atoms with Crippen molar-refractivity contribution in [2.24, 2.45) is 10.9 Å². The molecule has 1 aromatic rings. The highest BCUT2D eigenvalue weighted by molar-refractivity contribution is 14.0. The van der Waals surface area contributed by atoms with Crippen LogP contribution in [0, 0.1) is 5.92 Å². The first-order chi connectivity index (χ1) is 12.6. The van der Waals surface area contributed by atoms with Gasteiger partial charge in [0.15, 0.2) is 5.96 Å². The summed E-state index contributed by atoms with van der Waals surface area (Å²) in [7, 11) is 3.50. The van der Waals surface area contributed by atoms with Crippen LogP contribution >= 0.6 is 24.0 Å². The highest BCUT2D eigenvalue weighted by Gasteiger charge is 2.21. The largest absolute Gasteiger partial charge is 0.496 e. The fourth-order valence-electron chi connectivity index (χ4n) is 3.24. The third kappa shape index (κ3) is 8.66. The minimum absolute atomic E-state index is 0. The maximum absolute atomic E-state index is 5.89. The lowest BCUT2D eigenvalue weighted by Crippen LogP contribution is -2.50. The highest BCUT2D eigenvalue weighted by atomic mass is 127. The summed E-state index contributed by atoms with van der Waals surface area (Å²) >= 11 is 0. The summed E-state index contributed by atoms with van der Waals surface area (Å²) in [6, 6.07) is 8.11. The van der Waals surface area contributed by atoms with Crippen LogP contribution in [0.2, 0.25) is 0 Å². The van der Waals surface area contributed by atoms with Gasteiger partial charge in [-0.15, -0.1) is 24.0 Å². The van der Waals surface area contributed by atoms with E-state index in [9.17, 15) is 0 Å². The van der Waals surface area contributed by atoms with Crippen molar-refractivity contribution in [1.29, 1.82) is 0 Å². The van der Waals surface area contributed by atoms with E-state index in [1.165, 1.54) is 5.56 Å². The molecule has 1 aliphatic rings. The van der Waals surface area contributed by atoms with Crippen LogP contribution in [0.4, 0.5) is 0 Å². The Hall–Kier alpha value is -1.06. The molecule has 2 N–H and O–H groups in total. The van der Waals surface area contributed by atoms with Crippen molar-refractivity contribution in [2.45, 2.75) is 26.4 Å². The van der Waals surface area contributed by atoms with E-state index in [1.54, 1.807) is 14.2 Å². The Balaban J connectivity index is 0.00000364. The van der Waals surface area contributed by atoms with Gasteiger partial charge in [-0.3, -0.25) is 9.89 Å². The van der Waals surface area contributed by atoms with E-state index in [2.05, 4.69) is 40.4 Å². The fraction of sp³-hybridized carbons (Fsp3) is 0.650. The second-order valence-electron chi connectivity index (χ2n) is 7.09. The quantitative estimate of drug-likeness (QED) is 0.333. The molecular weight excluding hydrogens is 455 g/mol. The van der Waals surface area contributed by atoms with E-state index < -0.39 is 0 Å². The summed E-state index contributed by atoms with van der Waals surface area (Å²) in [5.41, 5.74) is 1.19. The van der Waals surface area contributed by atoms with Crippen LogP contribution in [0.25, 0.3) is 0 Å². The lowest BCUT2D eigenvalue weighted by atomic mass is 10.1. The first-order valence-corrected chi connectivity index (χ1v) is 9.52. The smallest absolute Gasteiger partial charge is 0.191 e. The number of hydrogen-bond donors (Lipinski definition) is 2. The van der Waals surface area contributed by atoms with Crippen molar-refractivity contribution in [1.82, 2.24) is 15.5 Å². The number of aliphatic imine (C=N–C) groups is 1. The van der Waals surface area contributed by atoms with Crippen molar-refractivity contribution in [3.63, 3.8) is 0 Å². The van der Waals surface area contributed by atoms with Crippen molar-refractivity contribution in [3.05, 3.63) is 29.8 Å². The van der Waals surface area contributed by atoms with Crippen molar-refractivity contribution >= 4 is 29.9 Å². The van der Waals surface area contributed by atoms with Gasteiger partial charge >= 0.3 is 0 Å². The number of ether oxygens (including phenoxy) is 2. The van der Waals surface area contributed by atoms with Gasteiger partial charge in [0.2, 0.25) is 0 Å². The molecule has 1 aromatic carbocycles. The van der Waals surface area contributed by atoms with Crippen LogP contribution < -0.4 is 15.4 Å². The molecule has 0 bridgehead atoms. The van der Waals surface area contributed by atoms with Gasteiger partial charge < -0.3 is 20.1 Å². The van der Waals surface area contributed by atoms with Gasteiger partial charge in [0.25, 0.3) is 0 Å². The van der Waals surface area contributed by atoms with Crippen LogP contribution in [-0.2, 0) is 11.2 Å². The summed E-state index contributed by atoms with van der Waals surface area (Å²) in [6.07, 6.45) is 1.09. The second kappa shape index (κ2) is 13.2. The molecule has 0 aliphatic carbocycles. The minimum Gasteiger partial charge on any atom is -0.496 e. The number of rotatable bonds is 8. The second-order valence-corrected chi connectivity index (χ2v) is 7.09. The van der Waals surface area contributed by atoms with Crippen molar-refractivity contribution < 1.29 is 9.47 Å². The Bertz CT molecular complexity index is 569. The van der Waals surface area contributed by atoms with Crippen LogP contribution in [0.5, 0.6) is 5.75 Å². The predicted molar refractivity (Wildman–Crippen MR) is 122 cm³/mol. The molecule has 0 saturated carbocycles. The number of morpholine rings is 1. The molecule has 1 fully saturated rings. The number of nitrogens with one attached hydrogen (secondary N) is 2. The molecular formula is C20H35IN4O2. The molecule has 1 atom stereocenters. The van der Waals surface area contributed by atoms with E-state index in [1.807, 2.05) is 18.2 Å². The number of nitrogens with zero attached hydrogens (tertiary/aromatic N) is 2. The van der Waals surface area contributed by atoms with E-state index >= 15 is 0 Å². The molecule has 0 amide bonds. The number of benzene rings is 1. The van der Waals surface area contributed by atoms with Gasteiger partial charge in [-0.2, -0.15) is 0 Å². The molecule has 1 aliphatic heterocycles. The summed E-state index contributed by atoms with van der Waals surface area (Å²) in [6.45, 7) is 10.0. The number of guanidine groups is 1. The van der Waals surface area contributed by atoms with Gasteiger partial charge in [-0.05, 0) is 24.0 Å². The third-order valence-electron chi connectivity index (χ3n) is 4.45. The number of para-hydroxylation sites is 1. The Morgan fingerprint density at radius 3 is 2.81 bits per heavy atom. The highest BCUT2D eigenvalue weighted by Crippen LogP contribution is 2.17. The topological polar surface area (TPSA) is 58.1 Å². The summed E-state index contributed by atoms with van der Waals surface area (Å²) in [5, 5.41) is 6.75. The zero-order valence-electron chi connectivity index (χ0n) is 17.0. The maximum Gasteiger partial charge on any atom is 0.191 e. The Labute approximate surface area is 181 Å². The first-order valence-electron chi connectivity index (χ1n) is 9.52. The monoisotopic (exact) mass is 490 g/mol. The Kier molecular flexibility index (Phi) is 11.7. The van der Waals surface area contributed by atoms with Gasteiger partial charge in [0.05, 0.1) is 19.8 Å². The Morgan fingerprint density at radius 1 is 1.33 bits per heavy atom. The van der Waals surface area contributed by atoms with E-state index in [0.717, 1.165) is 57.5 Å². The van der Waals surface area contributed by atoms with Gasteiger partial charge in [-0.1, -0.05) is 32.0 Å². The minimum atomic E-state index is 0. The SMILES string of the molecule is CN=C(NCCc1ccccc1OC)NCC1CN(CC(C)C)CCO1.I. The molecule has 0 spiro atoms. The number of hydrogen-bond acceptors (Lipinski definition) is 4. The summed E-state index contributed by atoms with van der Waals surface area (Å²) in [4.78, 5) is 6.79. The fourth-order valence-corrected chi connectivity index (χ4v) is 3.24. The summed E-state index contributed by atoms with van der Waals surface area (Å²) < 4.78 is 11.3.